The van der Waals surface area contributed by atoms with Crippen molar-refractivity contribution in [2.75, 3.05) is 0 Å². The van der Waals surface area contributed by atoms with E-state index in [1.807, 2.05) is 18.5 Å². The lowest BCUT2D eigenvalue weighted by Crippen LogP contribution is -2.11. The molecule has 2 N–H and O–H groups in total. The fraction of sp³-hybridized carbons (Fsp3) is 0.300. The van der Waals surface area contributed by atoms with Crippen molar-refractivity contribution in [3.63, 3.8) is 0 Å². The number of aromatic nitrogens is 2. The lowest BCUT2D eigenvalue weighted by atomic mass is 10.3. The summed E-state index contributed by atoms with van der Waals surface area (Å²) >= 11 is 0. The molecule has 0 saturated carbocycles. The van der Waals surface area contributed by atoms with Gasteiger partial charge in [0.05, 0.1) is 17.1 Å². The number of halogens is 1. The molecular weight excluding hydrogens is 181 g/mol. The Hall–Kier alpha value is -1.42. The van der Waals surface area contributed by atoms with Crippen molar-refractivity contribution in [3.05, 3.63) is 29.8 Å². The standard InChI is InChI=1S/C10H12FN3/c1-6(12)10-13-8-4-3-7(11)5-9(8)14(10)2/h3-6H,12H2,1-2H3/t6-/m0/s1. The molecule has 3 nitrogen and oxygen atoms in total. The predicted octanol–water partition coefficient (Wildman–Crippen LogP) is 1.73. The molecule has 2 aromatic rings. The number of hydrogen-bond donors (Lipinski definition) is 1. The maximum absolute atomic E-state index is 13.0. The molecule has 1 aromatic heterocycles. The minimum absolute atomic E-state index is 0.143. The maximum atomic E-state index is 13.0. The zero-order valence-corrected chi connectivity index (χ0v) is 8.16. The van der Waals surface area contributed by atoms with Crippen molar-refractivity contribution in [1.82, 2.24) is 9.55 Å². The van der Waals surface area contributed by atoms with E-state index in [2.05, 4.69) is 4.98 Å². The van der Waals surface area contributed by atoms with Gasteiger partial charge in [-0.25, -0.2) is 9.37 Å². The van der Waals surface area contributed by atoms with E-state index in [9.17, 15) is 4.39 Å². The average Bonchev–Trinajstić information content (AvgIpc) is 2.44. The molecule has 4 heteroatoms. The highest BCUT2D eigenvalue weighted by molar-refractivity contribution is 5.76. The fourth-order valence-corrected chi connectivity index (χ4v) is 1.59. The Bertz CT molecular complexity index is 473. The van der Waals surface area contributed by atoms with Gasteiger partial charge in [-0.1, -0.05) is 0 Å². The van der Waals surface area contributed by atoms with Crippen LogP contribution in [0.1, 0.15) is 18.8 Å². The number of nitrogens with zero attached hydrogens (tertiary/aromatic N) is 2. The Morgan fingerprint density at radius 3 is 2.86 bits per heavy atom. The van der Waals surface area contributed by atoms with Gasteiger partial charge in [0.15, 0.2) is 0 Å². The first-order valence-corrected chi connectivity index (χ1v) is 4.47. The van der Waals surface area contributed by atoms with Gasteiger partial charge in [0.1, 0.15) is 11.6 Å². The van der Waals surface area contributed by atoms with Crippen LogP contribution < -0.4 is 5.73 Å². The van der Waals surface area contributed by atoms with Crippen LogP contribution in [-0.4, -0.2) is 9.55 Å². The van der Waals surface area contributed by atoms with E-state index in [-0.39, 0.29) is 11.9 Å². The molecule has 1 heterocycles. The van der Waals surface area contributed by atoms with E-state index < -0.39 is 0 Å². The summed E-state index contributed by atoms with van der Waals surface area (Å²) in [4.78, 5) is 4.32. The first kappa shape index (κ1) is 9.15. The number of aryl methyl sites for hydroxylation is 1. The van der Waals surface area contributed by atoms with Gasteiger partial charge in [-0.3, -0.25) is 0 Å². The molecule has 0 aliphatic heterocycles. The number of fused-ring (bicyclic) bond motifs is 1. The highest BCUT2D eigenvalue weighted by Crippen LogP contribution is 2.18. The molecular formula is C10H12FN3. The quantitative estimate of drug-likeness (QED) is 0.749. The fourth-order valence-electron chi connectivity index (χ4n) is 1.59. The molecule has 0 spiro atoms. The zero-order valence-electron chi connectivity index (χ0n) is 8.16. The van der Waals surface area contributed by atoms with E-state index in [0.29, 0.717) is 0 Å². The second-order valence-electron chi connectivity index (χ2n) is 3.45. The summed E-state index contributed by atoms with van der Waals surface area (Å²) in [5, 5.41) is 0. The molecule has 0 radical (unpaired) electrons. The zero-order chi connectivity index (χ0) is 10.3. The van der Waals surface area contributed by atoms with E-state index >= 15 is 0 Å². The largest absolute Gasteiger partial charge is 0.330 e. The lowest BCUT2D eigenvalue weighted by Gasteiger charge is -2.04. The second kappa shape index (κ2) is 3.06. The van der Waals surface area contributed by atoms with Crippen molar-refractivity contribution >= 4 is 11.0 Å². The highest BCUT2D eigenvalue weighted by atomic mass is 19.1. The first-order chi connectivity index (χ1) is 6.59. The van der Waals surface area contributed by atoms with Gasteiger partial charge >= 0.3 is 0 Å². The Labute approximate surface area is 81.4 Å². The van der Waals surface area contributed by atoms with Crippen LogP contribution in [0.3, 0.4) is 0 Å². The number of hydrogen-bond acceptors (Lipinski definition) is 2. The van der Waals surface area contributed by atoms with Gasteiger partial charge in [-0.05, 0) is 25.1 Å². The summed E-state index contributed by atoms with van der Waals surface area (Å²) < 4.78 is 14.8. The monoisotopic (exact) mass is 193 g/mol. The third kappa shape index (κ3) is 1.28. The Kier molecular flexibility index (Phi) is 2.00. The smallest absolute Gasteiger partial charge is 0.126 e. The first-order valence-electron chi connectivity index (χ1n) is 4.47. The van der Waals surface area contributed by atoms with Gasteiger partial charge in [-0.2, -0.15) is 0 Å². The Morgan fingerprint density at radius 1 is 1.50 bits per heavy atom. The summed E-state index contributed by atoms with van der Waals surface area (Å²) in [6.07, 6.45) is 0. The number of rotatable bonds is 1. The SMILES string of the molecule is C[C@H](N)c1nc2ccc(F)cc2n1C. The molecule has 0 unspecified atom stereocenters. The predicted molar refractivity (Wildman–Crippen MR) is 53.3 cm³/mol. The van der Waals surface area contributed by atoms with Crippen LogP contribution >= 0.6 is 0 Å². The van der Waals surface area contributed by atoms with Crippen LogP contribution in [0.4, 0.5) is 4.39 Å². The summed E-state index contributed by atoms with van der Waals surface area (Å²) in [5.41, 5.74) is 7.29. The van der Waals surface area contributed by atoms with Crippen LogP contribution in [-0.2, 0) is 7.05 Å². The van der Waals surface area contributed by atoms with Gasteiger partial charge in [0.25, 0.3) is 0 Å². The minimum Gasteiger partial charge on any atom is -0.330 e. The van der Waals surface area contributed by atoms with Gasteiger partial charge in [0.2, 0.25) is 0 Å². The minimum atomic E-state index is -0.253. The molecule has 0 aliphatic carbocycles. The van der Waals surface area contributed by atoms with Gasteiger partial charge in [0, 0.05) is 7.05 Å². The molecule has 74 valence electrons. The summed E-state index contributed by atoms with van der Waals surface area (Å²) in [5.74, 6) is 0.516. The van der Waals surface area contributed by atoms with E-state index in [4.69, 9.17) is 5.73 Å². The van der Waals surface area contributed by atoms with Crippen molar-refractivity contribution in [3.8, 4) is 0 Å². The van der Waals surface area contributed by atoms with E-state index in [1.165, 1.54) is 12.1 Å². The van der Waals surface area contributed by atoms with Crippen molar-refractivity contribution in [2.24, 2.45) is 12.8 Å². The van der Waals surface area contributed by atoms with Gasteiger partial charge in [-0.15, -0.1) is 0 Å². The highest BCUT2D eigenvalue weighted by Gasteiger charge is 2.10. The topological polar surface area (TPSA) is 43.8 Å². The van der Waals surface area contributed by atoms with Crippen molar-refractivity contribution in [2.45, 2.75) is 13.0 Å². The van der Waals surface area contributed by atoms with Gasteiger partial charge < -0.3 is 10.3 Å². The molecule has 1 aromatic carbocycles. The number of benzene rings is 1. The molecule has 0 bridgehead atoms. The second-order valence-corrected chi connectivity index (χ2v) is 3.45. The third-order valence-corrected chi connectivity index (χ3v) is 2.28. The van der Waals surface area contributed by atoms with Crippen LogP contribution in [0.15, 0.2) is 18.2 Å². The van der Waals surface area contributed by atoms with Crippen LogP contribution in [0, 0.1) is 5.82 Å². The van der Waals surface area contributed by atoms with Crippen molar-refractivity contribution in [1.29, 1.82) is 0 Å². The number of nitrogens with two attached hydrogens (primary N) is 1. The van der Waals surface area contributed by atoms with E-state index in [0.717, 1.165) is 16.9 Å². The lowest BCUT2D eigenvalue weighted by molar-refractivity contribution is 0.628. The summed E-state index contributed by atoms with van der Waals surface area (Å²) in [6.45, 7) is 1.86. The molecule has 2 rings (SSSR count). The maximum Gasteiger partial charge on any atom is 0.126 e. The third-order valence-electron chi connectivity index (χ3n) is 2.28. The van der Waals surface area contributed by atoms with Crippen molar-refractivity contribution < 1.29 is 4.39 Å². The molecule has 0 fully saturated rings. The van der Waals surface area contributed by atoms with Crippen LogP contribution in [0.5, 0.6) is 0 Å². The molecule has 1 atom stereocenters. The number of imidazole rings is 1. The molecule has 14 heavy (non-hydrogen) atoms. The molecule has 0 amide bonds. The van der Waals surface area contributed by atoms with E-state index in [1.54, 1.807) is 6.07 Å². The average molecular weight is 193 g/mol. The molecule has 0 aliphatic rings. The molecule has 0 saturated heterocycles. The van der Waals surface area contributed by atoms with Crippen LogP contribution in [0.2, 0.25) is 0 Å². The summed E-state index contributed by atoms with van der Waals surface area (Å²) in [6, 6.07) is 4.39. The Morgan fingerprint density at radius 2 is 2.21 bits per heavy atom. The normalized spacial score (nSPS) is 13.4. The Balaban J connectivity index is 2.74. The summed E-state index contributed by atoms with van der Waals surface area (Å²) in [7, 11) is 1.84. The van der Waals surface area contributed by atoms with Crippen LogP contribution in [0.25, 0.3) is 11.0 Å².